The lowest BCUT2D eigenvalue weighted by Gasteiger charge is -2.17. The molecule has 1 atom stereocenters. The fraction of sp³-hybridized carbons (Fsp3) is 0.259. The lowest BCUT2D eigenvalue weighted by atomic mass is 10.0. The maximum atomic E-state index is 12.8. The molecule has 3 aromatic carbocycles. The zero-order chi connectivity index (χ0) is 23.5. The summed E-state index contributed by atoms with van der Waals surface area (Å²) >= 11 is 3.40. The van der Waals surface area contributed by atoms with Crippen LogP contribution in [0.4, 0.5) is 11.4 Å². The zero-order valence-electron chi connectivity index (χ0n) is 19.0. The van der Waals surface area contributed by atoms with Crippen molar-refractivity contribution in [3.8, 4) is 11.5 Å². The Bertz CT molecular complexity index is 1160. The molecule has 1 N–H and O–H groups in total. The minimum Gasteiger partial charge on any atom is -0.457 e. The largest absolute Gasteiger partial charge is 0.457 e. The van der Waals surface area contributed by atoms with Crippen LogP contribution in [0.1, 0.15) is 37.3 Å². The summed E-state index contributed by atoms with van der Waals surface area (Å²) in [6.45, 7) is 6.70. The summed E-state index contributed by atoms with van der Waals surface area (Å²) in [7, 11) is 0. The molecule has 0 spiro atoms. The van der Waals surface area contributed by atoms with E-state index in [4.69, 9.17) is 4.74 Å². The molecule has 33 heavy (non-hydrogen) atoms. The molecule has 1 aliphatic heterocycles. The van der Waals surface area contributed by atoms with E-state index in [2.05, 4.69) is 47.2 Å². The molecule has 0 radical (unpaired) electrons. The van der Waals surface area contributed by atoms with Crippen molar-refractivity contribution in [3.05, 3.63) is 82.3 Å². The van der Waals surface area contributed by atoms with Crippen molar-refractivity contribution < 1.29 is 14.3 Å². The minimum atomic E-state index is -0.391. The summed E-state index contributed by atoms with van der Waals surface area (Å²) in [5.41, 5.74) is 3.77. The third kappa shape index (κ3) is 5.45. The fourth-order valence-electron chi connectivity index (χ4n) is 3.94. The van der Waals surface area contributed by atoms with E-state index in [0.717, 1.165) is 27.0 Å². The Labute approximate surface area is 202 Å². The van der Waals surface area contributed by atoms with Crippen LogP contribution in [0, 0.1) is 12.8 Å². The van der Waals surface area contributed by atoms with Gasteiger partial charge in [0.25, 0.3) is 0 Å². The van der Waals surface area contributed by atoms with E-state index in [-0.39, 0.29) is 18.2 Å². The van der Waals surface area contributed by atoms with Crippen LogP contribution in [0.15, 0.2) is 71.2 Å². The zero-order valence-corrected chi connectivity index (χ0v) is 20.6. The third-order valence-corrected chi connectivity index (χ3v) is 6.30. The number of nitrogens with zero attached hydrogens (tertiary/aromatic N) is 1. The Balaban J connectivity index is 1.39. The SMILES string of the molecule is Cc1ccc(C(C)C)c(Oc2ccc(NC(=O)[C@@H]3CC(=O)N(c4ccc(Br)cc4)C3)cc2)c1. The highest BCUT2D eigenvalue weighted by Gasteiger charge is 2.35. The molecule has 3 aromatic rings. The summed E-state index contributed by atoms with van der Waals surface area (Å²) in [4.78, 5) is 26.9. The summed E-state index contributed by atoms with van der Waals surface area (Å²) in [6, 6.07) is 21.1. The quantitative estimate of drug-likeness (QED) is 0.406. The Hall–Kier alpha value is -3.12. The van der Waals surface area contributed by atoms with Crippen LogP contribution in [0.2, 0.25) is 0 Å². The number of ether oxygens (including phenoxy) is 1. The molecule has 0 aromatic heterocycles. The Morgan fingerprint density at radius 2 is 1.76 bits per heavy atom. The standard InChI is InChI=1S/C27H27BrN2O3/c1-17(2)24-13-4-18(3)14-25(24)33-23-11-7-21(8-12-23)29-27(32)19-15-26(31)30(16-19)22-9-5-20(28)6-10-22/h4-14,17,19H,15-16H2,1-3H3,(H,29,32)/t19-/m1/s1. The second-order valence-electron chi connectivity index (χ2n) is 8.69. The number of carbonyl (C=O) groups is 2. The lowest BCUT2D eigenvalue weighted by Crippen LogP contribution is -2.28. The average Bonchev–Trinajstić information content (AvgIpc) is 3.17. The van der Waals surface area contributed by atoms with Crippen molar-refractivity contribution in [2.24, 2.45) is 5.92 Å². The summed E-state index contributed by atoms with van der Waals surface area (Å²) in [5, 5.41) is 2.93. The van der Waals surface area contributed by atoms with E-state index >= 15 is 0 Å². The lowest BCUT2D eigenvalue weighted by molar-refractivity contribution is -0.122. The molecule has 1 heterocycles. The van der Waals surface area contributed by atoms with Crippen molar-refractivity contribution in [2.45, 2.75) is 33.1 Å². The summed E-state index contributed by atoms with van der Waals surface area (Å²) in [5.74, 6) is 1.32. The number of rotatable bonds is 6. The molecule has 0 aliphatic carbocycles. The number of carbonyl (C=O) groups excluding carboxylic acids is 2. The monoisotopic (exact) mass is 506 g/mol. The second-order valence-corrected chi connectivity index (χ2v) is 9.61. The van der Waals surface area contributed by atoms with Gasteiger partial charge in [-0.1, -0.05) is 41.9 Å². The molecule has 5 nitrogen and oxygen atoms in total. The van der Waals surface area contributed by atoms with Gasteiger partial charge in [-0.05, 0) is 78.6 Å². The van der Waals surface area contributed by atoms with Gasteiger partial charge in [-0.15, -0.1) is 0 Å². The summed E-state index contributed by atoms with van der Waals surface area (Å²) < 4.78 is 7.08. The van der Waals surface area contributed by atoms with Gasteiger partial charge in [0.2, 0.25) is 11.8 Å². The molecule has 0 saturated carbocycles. The van der Waals surface area contributed by atoms with E-state index in [9.17, 15) is 9.59 Å². The van der Waals surface area contributed by atoms with Gasteiger partial charge < -0.3 is 15.0 Å². The third-order valence-electron chi connectivity index (χ3n) is 5.77. The maximum Gasteiger partial charge on any atom is 0.229 e. The molecule has 170 valence electrons. The first kappa shape index (κ1) is 23.1. The number of nitrogens with one attached hydrogen (secondary N) is 1. The molecule has 6 heteroatoms. The van der Waals surface area contributed by atoms with Gasteiger partial charge in [-0.2, -0.15) is 0 Å². The highest BCUT2D eigenvalue weighted by atomic mass is 79.9. The Morgan fingerprint density at radius 1 is 1.06 bits per heavy atom. The van der Waals surface area contributed by atoms with Gasteiger partial charge in [0, 0.05) is 28.8 Å². The first-order valence-corrected chi connectivity index (χ1v) is 11.8. The van der Waals surface area contributed by atoms with Crippen LogP contribution in [0.25, 0.3) is 0 Å². The number of hydrogen-bond donors (Lipinski definition) is 1. The molecule has 4 rings (SSSR count). The van der Waals surface area contributed by atoms with Gasteiger partial charge in [0.05, 0.1) is 5.92 Å². The highest BCUT2D eigenvalue weighted by molar-refractivity contribution is 9.10. The molecule has 1 saturated heterocycles. The molecule has 0 unspecified atom stereocenters. The Kier molecular flexibility index (Phi) is 6.84. The number of benzene rings is 3. The number of hydrogen-bond acceptors (Lipinski definition) is 3. The van der Waals surface area contributed by atoms with E-state index < -0.39 is 5.92 Å². The van der Waals surface area contributed by atoms with E-state index in [1.165, 1.54) is 0 Å². The van der Waals surface area contributed by atoms with Crippen molar-refractivity contribution in [1.82, 2.24) is 0 Å². The van der Waals surface area contributed by atoms with Crippen molar-refractivity contribution in [3.63, 3.8) is 0 Å². The van der Waals surface area contributed by atoms with Gasteiger partial charge in [0.1, 0.15) is 11.5 Å². The first-order chi connectivity index (χ1) is 15.8. The average molecular weight is 507 g/mol. The van der Waals surface area contributed by atoms with E-state index in [1.54, 1.807) is 4.90 Å². The second kappa shape index (κ2) is 9.79. The highest BCUT2D eigenvalue weighted by Crippen LogP contribution is 2.32. The number of aryl methyl sites for hydroxylation is 1. The van der Waals surface area contributed by atoms with Gasteiger partial charge in [-0.3, -0.25) is 9.59 Å². The predicted octanol–water partition coefficient (Wildman–Crippen LogP) is 6.66. The van der Waals surface area contributed by atoms with Crippen LogP contribution in [0.5, 0.6) is 11.5 Å². The molecule has 0 bridgehead atoms. The summed E-state index contributed by atoms with van der Waals surface area (Å²) in [6.07, 6.45) is 0.203. The molecular weight excluding hydrogens is 480 g/mol. The fourth-order valence-corrected chi connectivity index (χ4v) is 4.20. The van der Waals surface area contributed by atoms with E-state index in [0.29, 0.717) is 23.9 Å². The van der Waals surface area contributed by atoms with Crippen molar-refractivity contribution in [2.75, 3.05) is 16.8 Å². The van der Waals surface area contributed by atoms with E-state index in [1.807, 2.05) is 61.5 Å². The van der Waals surface area contributed by atoms with Gasteiger partial charge in [0.15, 0.2) is 0 Å². The van der Waals surface area contributed by atoms with Crippen LogP contribution in [-0.4, -0.2) is 18.4 Å². The van der Waals surface area contributed by atoms with Crippen LogP contribution >= 0.6 is 15.9 Å². The number of amides is 2. The van der Waals surface area contributed by atoms with Crippen LogP contribution in [0.3, 0.4) is 0 Å². The Morgan fingerprint density at radius 3 is 2.42 bits per heavy atom. The van der Waals surface area contributed by atoms with Crippen LogP contribution < -0.4 is 15.0 Å². The topological polar surface area (TPSA) is 58.6 Å². The van der Waals surface area contributed by atoms with Gasteiger partial charge in [-0.25, -0.2) is 0 Å². The van der Waals surface area contributed by atoms with Crippen molar-refractivity contribution in [1.29, 1.82) is 0 Å². The predicted molar refractivity (Wildman–Crippen MR) is 135 cm³/mol. The minimum absolute atomic E-state index is 0.0414. The van der Waals surface area contributed by atoms with Crippen molar-refractivity contribution >= 4 is 39.1 Å². The molecule has 1 aliphatic rings. The number of anilines is 2. The normalized spacial score (nSPS) is 15.7. The first-order valence-electron chi connectivity index (χ1n) is 11.1. The molecule has 1 fully saturated rings. The number of halogens is 1. The van der Waals surface area contributed by atoms with Gasteiger partial charge >= 0.3 is 0 Å². The maximum absolute atomic E-state index is 12.8. The molecule has 2 amide bonds. The van der Waals surface area contributed by atoms with Crippen LogP contribution in [-0.2, 0) is 9.59 Å². The molecular formula is C27H27BrN2O3. The smallest absolute Gasteiger partial charge is 0.229 e.